The number of carbonyl (C=O) groups is 1. The molecule has 0 saturated carbocycles. The summed E-state index contributed by atoms with van der Waals surface area (Å²) in [7, 11) is -2.57. The van der Waals surface area contributed by atoms with Crippen LogP contribution in [0.5, 0.6) is 5.75 Å². The van der Waals surface area contributed by atoms with Crippen LogP contribution in [0.1, 0.15) is 22.3 Å². The molecule has 3 aromatic rings. The molecule has 0 bridgehead atoms. The molecule has 1 aliphatic heterocycles. The number of hydrogen-bond donors (Lipinski definition) is 2. The molecule has 1 aliphatic rings. The number of anilines is 2. The first-order valence-electron chi connectivity index (χ1n) is 11.5. The summed E-state index contributed by atoms with van der Waals surface area (Å²) in [5.41, 5.74) is 2.65. The van der Waals surface area contributed by atoms with Gasteiger partial charge in [-0.1, -0.05) is 29.8 Å². The summed E-state index contributed by atoms with van der Waals surface area (Å²) in [4.78, 5) is 17.1. The Morgan fingerprint density at radius 1 is 1.03 bits per heavy atom. The minimum atomic E-state index is -3.95. The fourth-order valence-corrected chi connectivity index (χ4v) is 5.74. The van der Waals surface area contributed by atoms with Crippen LogP contribution in [0.3, 0.4) is 0 Å². The smallest absolute Gasteiger partial charge is 0.265 e. The molecule has 0 aliphatic carbocycles. The Morgan fingerprint density at radius 2 is 1.78 bits per heavy atom. The van der Waals surface area contributed by atoms with Crippen LogP contribution in [0.25, 0.3) is 0 Å². The van der Waals surface area contributed by atoms with Crippen LogP contribution >= 0.6 is 11.6 Å². The van der Waals surface area contributed by atoms with Crippen molar-refractivity contribution in [3.05, 3.63) is 82.9 Å². The zero-order valence-corrected chi connectivity index (χ0v) is 21.4. The van der Waals surface area contributed by atoms with Gasteiger partial charge in [0.2, 0.25) is 0 Å². The van der Waals surface area contributed by atoms with E-state index >= 15 is 0 Å². The summed E-state index contributed by atoms with van der Waals surface area (Å²) in [5.74, 6) is 0.0636. The van der Waals surface area contributed by atoms with Crippen molar-refractivity contribution in [2.45, 2.75) is 17.9 Å². The normalized spacial score (nSPS) is 14.3. The number of benzene rings is 3. The molecule has 0 aromatic heterocycles. The topological polar surface area (TPSA) is 99.2 Å². The predicted octanol–water partition coefficient (Wildman–Crippen LogP) is 3.99. The van der Waals surface area contributed by atoms with Crippen LogP contribution < -0.4 is 14.4 Å². The van der Waals surface area contributed by atoms with E-state index in [1.807, 2.05) is 24.3 Å². The Hall–Kier alpha value is -3.27. The van der Waals surface area contributed by atoms with Crippen LogP contribution in [0.2, 0.25) is 5.02 Å². The molecule has 10 heteroatoms. The van der Waals surface area contributed by atoms with Gasteiger partial charge in [-0.3, -0.25) is 9.52 Å². The van der Waals surface area contributed by atoms with Gasteiger partial charge in [-0.15, -0.1) is 0 Å². The summed E-state index contributed by atoms with van der Waals surface area (Å²) < 4.78 is 33.4. The van der Waals surface area contributed by atoms with Gasteiger partial charge in [0.25, 0.3) is 15.9 Å². The van der Waals surface area contributed by atoms with E-state index in [9.17, 15) is 18.3 Å². The van der Waals surface area contributed by atoms with Gasteiger partial charge < -0.3 is 19.6 Å². The Balaban J connectivity index is 1.44. The van der Waals surface area contributed by atoms with Gasteiger partial charge in [0.05, 0.1) is 13.7 Å². The van der Waals surface area contributed by atoms with E-state index in [0.29, 0.717) is 30.9 Å². The van der Waals surface area contributed by atoms with Crippen molar-refractivity contribution in [1.82, 2.24) is 4.90 Å². The van der Waals surface area contributed by atoms with Gasteiger partial charge in [-0.05, 0) is 55.0 Å². The van der Waals surface area contributed by atoms with E-state index in [1.165, 1.54) is 19.2 Å². The second-order valence-electron chi connectivity index (χ2n) is 8.40. The number of halogens is 1. The zero-order chi connectivity index (χ0) is 25.7. The molecule has 0 spiro atoms. The highest BCUT2D eigenvalue weighted by Crippen LogP contribution is 2.29. The number of aliphatic hydroxyl groups is 1. The van der Waals surface area contributed by atoms with Gasteiger partial charge in [0.1, 0.15) is 10.6 Å². The number of ether oxygens (including phenoxy) is 1. The molecule has 8 nitrogen and oxygen atoms in total. The standard InChI is InChI=1S/C26H28ClN3O5S/c1-35-24-12-9-21(27)17-25(24)36(33,34)28-22-10-7-19(8-11-22)26(32)30-14-4-13-29(15-16-30)23-6-3-2-5-20(23)18-31/h2-3,5-12,17,28,31H,4,13-16,18H2,1H3. The largest absolute Gasteiger partial charge is 0.495 e. The van der Waals surface area contributed by atoms with E-state index in [0.717, 1.165) is 24.2 Å². The molecule has 3 aromatic carbocycles. The van der Waals surface area contributed by atoms with E-state index in [4.69, 9.17) is 16.3 Å². The van der Waals surface area contributed by atoms with Crippen molar-refractivity contribution in [2.24, 2.45) is 0 Å². The number of aliphatic hydroxyl groups excluding tert-OH is 1. The summed E-state index contributed by atoms with van der Waals surface area (Å²) in [6.07, 6.45) is 0.796. The van der Waals surface area contributed by atoms with Crippen LogP contribution in [-0.2, 0) is 16.6 Å². The average Bonchev–Trinajstić information content (AvgIpc) is 3.15. The minimum absolute atomic E-state index is 0.0322. The van der Waals surface area contributed by atoms with Crippen molar-refractivity contribution >= 4 is 38.9 Å². The fraction of sp³-hybridized carbons (Fsp3) is 0.269. The van der Waals surface area contributed by atoms with Crippen molar-refractivity contribution < 1.29 is 23.1 Å². The van der Waals surface area contributed by atoms with E-state index < -0.39 is 10.0 Å². The molecule has 4 rings (SSSR count). The maximum Gasteiger partial charge on any atom is 0.265 e. The molecule has 1 saturated heterocycles. The lowest BCUT2D eigenvalue weighted by Crippen LogP contribution is -2.35. The van der Waals surface area contributed by atoms with Crippen LogP contribution in [0.15, 0.2) is 71.6 Å². The first-order chi connectivity index (χ1) is 17.3. The van der Waals surface area contributed by atoms with Gasteiger partial charge in [-0.2, -0.15) is 0 Å². The molecule has 190 valence electrons. The number of rotatable bonds is 7. The summed E-state index contributed by atoms with van der Waals surface area (Å²) >= 11 is 5.98. The van der Waals surface area contributed by atoms with E-state index in [1.54, 1.807) is 35.2 Å². The Bertz CT molecular complexity index is 1330. The molecule has 1 heterocycles. The maximum absolute atomic E-state index is 13.2. The van der Waals surface area contributed by atoms with Crippen molar-refractivity contribution in [2.75, 3.05) is 42.9 Å². The maximum atomic E-state index is 13.2. The molecule has 1 amide bonds. The second kappa shape index (κ2) is 11.2. The monoisotopic (exact) mass is 529 g/mol. The minimum Gasteiger partial charge on any atom is -0.495 e. The molecule has 2 N–H and O–H groups in total. The van der Waals surface area contributed by atoms with Crippen molar-refractivity contribution in [3.63, 3.8) is 0 Å². The number of carbonyl (C=O) groups excluding carboxylic acids is 1. The Morgan fingerprint density at radius 3 is 2.50 bits per heavy atom. The molecule has 0 unspecified atom stereocenters. The van der Waals surface area contributed by atoms with Crippen molar-refractivity contribution in [1.29, 1.82) is 0 Å². The van der Waals surface area contributed by atoms with Gasteiger partial charge in [0.15, 0.2) is 0 Å². The van der Waals surface area contributed by atoms with Crippen LogP contribution in [0, 0.1) is 0 Å². The Kier molecular flexibility index (Phi) is 8.03. The van der Waals surface area contributed by atoms with Gasteiger partial charge >= 0.3 is 0 Å². The Labute approximate surface area is 216 Å². The lowest BCUT2D eigenvalue weighted by atomic mass is 10.1. The average molecular weight is 530 g/mol. The highest BCUT2D eigenvalue weighted by molar-refractivity contribution is 7.92. The van der Waals surface area contributed by atoms with Crippen LogP contribution in [0.4, 0.5) is 11.4 Å². The van der Waals surface area contributed by atoms with E-state index in [-0.39, 0.29) is 28.2 Å². The van der Waals surface area contributed by atoms with Crippen LogP contribution in [-0.4, -0.2) is 57.6 Å². The third kappa shape index (κ3) is 5.75. The zero-order valence-electron chi connectivity index (χ0n) is 19.9. The molecule has 0 atom stereocenters. The number of para-hydroxylation sites is 1. The quantitative estimate of drug-likeness (QED) is 0.480. The summed E-state index contributed by atoms with van der Waals surface area (Å²) in [6.45, 7) is 2.56. The summed E-state index contributed by atoms with van der Waals surface area (Å²) in [6, 6.07) is 18.4. The lowest BCUT2D eigenvalue weighted by molar-refractivity contribution is 0.0767. The van der Waals surface area contributed by atoms with Crippen molar-refractivity contribution in [3.8, 4) is 5.75 Å². The fourth-order valence-electron chi connectivity index (χ4n) is 4.25. The highest BCUT2D eigenvalue weighted by atomic mass is 35.5. The molecular formula is C26H28ClN3O5S. The number of nitrogens with zero attached hydrogens (tertiary/aromatic N) is 2. The highest BCUT2D eigenvalue weighted by Gasteiger charge is 2.23. The number of nitrogens with one attached hydrogen (secondary N) is 1. The van der Waals surface area contributed by atoms with E-state index in [2.05, 4.69) is 9.62 Å². The van der Waals surface area contributed by atoms with Gasteiger partial charge in [-0.25, -0.2) is 8.42 Å². The number of methoxy groups -OCH3 is 1. The first-order valence-corrected chi connectivity index (χ1v) is 13.4. The lowest BCUT2D eigenvalue weighted by Gasteiger charge is -2.25. The predicted molar refractivity (Wildman–Crippen MR) is 140 cm³/mol. The molecule has 0 radical (unpaired) electrons. The molecule has 36 heavy (non-hydrogen) atoms. The SMILES string of the molecule is COc1ccc(Cl)cc1S(=O)(=O)Nc1ccc(C(=O)N2CCCN(c3ccccc3CO)CC2)cc1. The third-order valence-corrected chi connectivity index (χ3v) is 7.72. The summed E-state index contributed by atoms with van der Waals surface area (Å²) in [5, 5.41) is 9.93. The number of sulfonamides is 1. The first kappa shape index (κ1) is 25.8. The number of hydrogen-bond acceptors (Lipinski definition) is 6. The molecule has 1 fully saturated rings. The third-order valence-electron chi connectivity index (χ3n) is 6.09. The number of amides is 1. The molecular weight excluding hydrogens is 502 g/mol. The second-order valence-corrected chi connectivity index (χ2v) is 10.5. The van der Waals surface area contributed by atoms with Gasteiger partial charge in [0, 0.05) is 53.7 Å².